The van der Waals surface area contributed by atoms with Crippen LogP contribution in [0.25, 0.3) is 0 Å². The molecule has 1 aromatic heterocycles. The van der Waals surface area contributed by atoms with E-state index < -0.39 is 0 Å². The maximum Gasteiger partial charge on any atom is 0.0296 e. The lowest BCUT2D eigenvalue weighted by atomic mass is 10.0. The first-order valence-electron chi connectivity index (χ1n) is 4.61. The molecule has 0 spiro atoms. The van der Waals surface area contributed by atoms with Gasteiger partial charge >= 0.3 is 0 Å². The molecule has 0 radical (unpaired) electrons. The minimum absolute atomic E-state index is 0.142. The third kappa shape index (κ3) is 3.38. The van der Waals surface area contributed by atoms with Gasteiger partial charge in [-0.3, -0.25) is 4.98 Å². The normalized spacial score (nSPS) is 12.4. The van der Waals surface area contributed by atoms with Crippen molar-refractivity contribution in [1.82, 2.24) is 4.98 Å². The van der Waals surface area contributed by atoms with Crippen LogP contribution in [0, 0.1) is 0 Å². The second-order valence-corrected chi connectivity index (χ2v) is 3.11. The van der Waals surface area contributed by atoms with Gasteiger partial charge in [0.15, 0.2) is 0 Å². The summed E-state index contributed by atoms with van der Waals surface area (Å²) in [4.78, 5) is 3.95. The van der Waals surface area contributed by atoms with E-state index in [9.17, 15) is 0 Å². The Morgan fingerprint density at radius 2 is 2.15 bits per heavy atom. The average molecular weight is 176 g/mol. The van der Waals surface area contributed by atoms with E-state index >= 15 is 0 Å². The highest BCUT2D eigenvalue weighted by molar-refractivity contribution is 5.13. The molecular weight excluding hydrogens is 160 g/mol. The van der Waals surface area contributed by atoms with Gasteiger partial charge in [0.1, 0.15) is 0 Å². The van der Waals surface area contributed by atoms with Gasteiger partial charge in [0.25, 0.3) is 0 Å². The van der Waals surface area contributed by atoms with E-state index in [-0.39, 0.29) is 6.04 Å². The van der Waals surface area contributed by atoms with Crippen LogP contribution in [0.4, 0.5) is 0 Å². The second-order valence-electron chi connectivity index (χ2n) is 3.11. The number of allylic oxidation sites excluding steroid dienone is 1. The third-order valence-corrected chi connectivity index (χ3v) is 2.06. The summed E-state index contributed by atoms with van der Waals surface area (Å²) in [6, 6.07) is 4.08. The summed E-state index contributed by atoms with van der Waals surface area (Å²) in [5.74, 6) is 0. The molecule has 0 fully saturated rings. The summed E-state index contributed by atoms with van der Waals surface area (Å²) in [5.41, 5.74) is 7.14. The molecule has 1 heterocycles. The van der Waals surface area contributed by atoms with Crippen LogP contribution >= 0.6 is 0 Å². The van der Waals surface area contributed by atoms with E-state index in [1.165, 1.54) is 5.56 Å². The lowest BCUT2D eigenvalue weighted by Gasteiger charge is -2.10. The number of nitrogens with two attached hydrogens (primary N) is 1. The molecule has 0 aliphatic rings. The molecule has 2 heteroatoms. The zero-order valence-corrected chi connectivity index (χ0v) is 7.82. The lowest BCUT2D eigenvalue weighted by Crippen LogP contribution is -2.09. The minimum Gasteiger partial charge on any atom is -0.324 e. The summed E-state index contributed by atoms with van der Waals surface area (Å²) in [7, 11) is 0. The van der Waals surface area contributed by atoms with Gasteiger partial charge in [0, 0.05) is 18.4 Å². The maximum absolute atomic E-state index is 5.97. The first-order chi connectivity index (χ1) is 6.34. The highest BCUT2D eigenvalue weighted by Gasteiger charge is 2.03. The molecule has 70 valence electrons. The predicted octanol–water partition coefficient (Wildman–Crippen LogP) is 2.44. The molecule has 13 heavy (non-hydrogen) atoms. The summed E-state index contributed by atoms with van der Waals surface area (Å²) in [6.45, 7) is 3.68. The van der Waals surface area contributed by atoms with Gasteiger partial charge in [-0.25, -0.2) is 0 Å². The number of nitrogens with zero attached hydrogens (tertiary/aromatic N) is 1. The molecular formula is C11H16N2. The van der Waals surface area contributed by atoms with Crippen molar-refractivity contribution in [2.24, 2.45) is 5.73 Å². The predicted molar refractivity (Wildman–Crippen MR) is 55.2 cm³/mol. The Kier molecular flexibility index (Phi) is 4.19. The molecule has 0 saturated carbocycles. The van der Waals surface area contributed by atoms with Crippen LogP contribution in [-0.4, -0.2) is 4.98 Å². The fourth-order valence-corrected chi connectivity index (χ4v) is 1.26. The van der Waals surface area contributed by atoms with E-state index in [4.69, 9.17) is 5.73 Å². The summed E-state index contributed by atoms with van der Waals surface area (Å²) in [6.07, 6.45) is 8.65. The molecule has 0 aromatic carbocycles. The van der Waals surface area contributed by atoms with Gasteiger partial charge < -0.3 is 5.73 Å². The Balaban J connectivity index is 2.39. The van der Waals surface area contributed by atoms with E-state index in [1.54, 1.807) is 12.4 Å². The van der Waals surface area contributed by atoms with Crippen molar-refractivity contribution in [3.8, 4) is 0 Å². The van der Waals surface area contributed by atoms with E-state index in [2.05, 4.69) is 11.6 Å². The highest BCUT2D eigenvalue weighted by atomic mass is 14.6. The molecule has 1 aromatic rings. The number of pyridine rings is 1. The van der Waals surface area contributed by atoms with Crippen molar-refractivity contribution in [2.45, 2.75) is 25.3 Å². The van der Waals surface area contributed by atoms with E-state index in [0.717, 1.165) is 19.3 Å². The van der Waals surface area contributed by atoms with Crippen LogP contribution in [-0.2, 0) is 0 Å². The fraction of sp³-hybridized carbons (Fsp3) is 0.364. The van der Waals surface area contributed by atoms with Crippen LogP contribution in [0.5, 0.6) is 0 Å². The van der Waals surface area contributed by atoms with Crippen LogP contribution < -0.4 is 5.73 Å². The Bertz CT molecular complexity index is 244. The standard InChI is InChI=1S/C11H16N2/c1-2-3-4-5-11(12)10-6-8-13-9-7-10/h2,6-9,11H,1,3-5,12H2. The molecule has 0 aliphatic carbocycles. The van der Waals surface area contributed by atoms with Crippen LogP contribution in [0.15, 0.2) is 37.2 Å². The number of unbranched alkanes of at least 4 members (excludes halogenated alkanes) is 1. The zero-order chi connectivity index (χ0) is 9.52. The summed E-state index contributed by atoms with van der Waals surface area (Å²) >= 11 is 0. The number of hydrogen-bond donors (Lipinski definition) is 1. The van der Waals surface area contributed by atoms with Crippen LogP contribution in [0.1, 0.15) is 30.9 Å². The van der Waals surface area contributed by atoms with Crippen molar-refractivity contribution in [1.29, 1.82) is 0 Å². The first-order valence-corrected chi connectivity index (χ1v) is 4.61. The molecule has 0 saturated heterocycles. The maximum atomic E-state index is 5.97. The number of hydrogen-bond acceptors (Lipinski definition) is 2. The Hall–Kier alpha value is -1.15. The molecule has 1 rings (SSSR count). The highest BCUT2D eigenvalue weighted by Crippen LogP contribution is 2.15. The fourth-order valence-electron chi connectivity index (χ4n) is 1.26. The van der Waals surface area contributed by atoms with Crippen molar-refractivity contribution in [3.63, 3.8) is 0 Å². The van der Waals surface area contributed by atoms with E-state index in [1.807, 2.05) is 18.2 Å². The SMILES string of the molecule is C=CCCCC(N)c1ccncc1. The van der Waals surface area contributed by atoms with Gasteiger partial charge in [0.05, 0.1) is 0 Å². The minimum atomic E-state index is 0.142. The van der Waals surface area contributed by atoms with Gasteiger partial charge in [-0.2, -0.15) is 0 Å². The van der Waals surface area contributed by atoms with Gasteiger partial charge in [-0.05, 0) is 37.0 Å². The van der Waals surface area contributed by atoms with Gasteiger partial charge in [-0.15, -0.1) is 6.58 Å². The third-order valence-electron chi connectivity index (χ3n) is 2.06. The molecule has 0 bridgehead atoms. The van der Waals surface area contributed by atoms with Crippen molar-refractivity contribution < 1.29 is 0 Å². The van der Waals surface area contributed by atoms with Crippen molar-refractivity contribution in [3.05, 3.63) is 42.7 Å². The van der Waals surface area contributed by atoms with Crippen LogP contribution in [0.3, 0.4) is 0 Å². The monoisotopic (exact) mass is 176 g/mol. The summed E-state index contributed by atoms with van der Waals surface area (Å²) < 4.78 is 0. The zero-order valence-electron chi connectivity index (χ0n) is 7.82. The number of aromatic nitrogens is 1. The molecule has 1 atom stereocenters. The van der Waals surface area contributed by atoms with Crippen molar-refractivity contribution in [2.75, 3.05) is 0 Å². The smallest absolute Gasteiger partial charge is 0.0296 e. The van der Waals surface area contributed by atoms with Crippen LogP contribution in [0.2, 0.25) is 0 Å². The van der Waals surface area contributed by atoms with E-state index in [0.29, 0.717) is 0 Å². The number of rotatable bonds is 5. The molecule has 2 nitrogen and oxygen atoms in total. The van der Waals surface area contributed by atoms with Gasteiger partial charge in [0.2, 0.25) is 0 Å². The largest absolute Gasteiger partial charge is 0.324 e. The lowest BCUT2D eigenvalue weighted by molar-refractivity contribution is 0.616. The Labute approximate surface area is 79.5 Å². The topological polar surface area (TPSA) is 38.9 Å². The molecule has 2 N–H and O–H groups in total. The van der Waals surface area contributed by atoms with Gasteiger partial charge in [-0.1, -0.05) is 6.08 Å². The quantitative estimate of drug-likeness (QED) is 0.553. The Morgan fingerprint density at radius 3 is 2.77 bits per heavy atom. The first kappa shape index (κ1) is 9.93. The molecule has 0 amide bonds. The van der Waals surface area contributed by atoms with Crippen molar-refractivity contribution >= 4 is 0 Å². The summed E-state index contributed by atoms with van der Waals surface area (Å²) in [5, 5.41) is 0. The Morgan fingerprint density at radius 1 is 1.46 bits per heavy atom. The second kappa shape index (κ2) is 5.49. The molecule has 0 aliphatic heterocycles. The average Bonchev–Trinajstić information content (AvgIpc) is 2.19. The molecule has 1 unspecified atom stereocenters.